The van der Waals surface area contributed by atoms with Gasteiger partial charge in [0.05, 0.1) is 5.41 Å². The number of rotatable bonds is 2. The minimum Gasteiger partial charge on any atom is -0.0561 e. The Kier molecular flexibility index (Phi) is 7.83. The van der Waals surface area contributed by atoms with E-state index in [1.54, 1.807) is 0 Å². The standard InChI is InChI=1S/C41H48Br2/c1-37(2,3)25-17-26(38(4,5)6)20-29(19-25)41(30-21-27(39(7,8)9)18-28(22-30)40(10,11)12)35-23-31(42)13-15-33(35)34-16-14-32(43)24-36(34)41/h13-24H,1-12H3. The monoisotopic (exact) mass is 698 g/mol. The maximum Gasteiger partial charge on any atom is 0.0714 e. The van der Waals surface area contributed by atoms with Gasteiger partial charge in [-0.25, -0.2) is 0 Å². The molecule has 0 aliphatic heterocycles. The average molecular weight is 701 g/mol. The van der Waals surface area contributed by atoms with Gasteiger partial charge in [0.25, 0.3) is 0 Å². The molecule has 2 heteroatoms. The molecule has 0 bridgehead atoms. The molecule has 0 amide bonds. The van der Waals surface area contributed by atoms with Crippen molar-refractivity contribution in [3.8, 4) is 11.1 Å². The zero-order valence-electron chi connectivity index (χ0n) is 28.2. The van der Waals surface area contributed by atoms with E-state index in [1.807, 2.05) is 0 Å². The van der Waals surface area contributed by atoms with Gasteiger partial charge >= 0.3 is 0 Å². The fourth-order valence-corrected chi connectivity index (χ4v) is 7.20. The van der Waals surface area contributed by atoms with Gasteiger partial charge in [-0.1, -0.05) is 163 Å². The lowest BCUT2D eigenvalue weighted by atomic mass is 9.64. The van der Waals surface area contributed by atoms with Crippen LogP contribution in [0.2, 0.25) is 0 Å². The molecule has 4 aromatic rings. The van der Waals surface area contributed by atoms with E-state index in [0.717, 1.165) is 8.95 Å². The average Bonchev–Trinajstić information content (AvgIpc) is 3.15. The van der Waals surface area contributed by atoms with Crippen LogP contribution in [-0.2, 0) is 27.1 Å². The molecule has 1 aliphatic carbocycles. The van der Waals surface area contributed by atoms with Crippen molar-refractivity contribution in [2.45, 2.75) is 110 Å². The Morgan fingerprint density at radius 2 is 0.674 bits per heavy atom. The van der Waals surface area contributed by atoms with Crippen molar-refractivity contribution in [1.82, 2.24) is 0 Å². The van der Waals surface area contributed by atoms with E-state index in [4.69, 9.17) is 0 Å². The maximum absolute atomic E-state index is 3.90. The highest BCUT2D eigenvalue weighted by Gasteiger charge is 2.48. The van der Waals surface area contributed by atoms with Crippen LogP contribution < -0.4 is 0 Å². The van der Waals surface area contributed by atoms with Gasteiger partial charge in [-0.15, -0.1) is 0 Å². The summed E-state index contributed by atoms with van der Waals surface area (Å²) in [6.07, 6.45) is 0. The largest absolute Gasteiger partial charge is 0.0714 e. The van der Waals surface area contributed by atoms with Crippen molar-refractivity contribution in [1.29, 1.82) is 0 Å². The van der Waals surface area contributed by atoms with Gasteiger partial charge in [0, 0.05) is 8.95 Å². The summed E-state index contributed by atoms with van der Waals surface area (Å²) in [7, 11) is 0. The summed E-state index contributed by atoms with van der Waals surface area (Å²) in [6.45, 7) is 28.1. The molecule has 0 aromatic heterocycles. The normalized spacial score (nSPS) is 14.9. The van der Waals surface area contributed by atoms with Crippen LogP contribution in [0.4, 0.5) is 0 Å². The zero-order valence-corrected chi connectivity index (χ0v) is 31.4. The van der Waals surface area contributed by atoms with Crippen LogP contribution in [0.25, 0.3) is 11.1 Å². The number of hydrogen-bond acceptors (Lipinski definition) is 0. The molecule has 5 rings (SSSR count). The molecular weight excluding hydrogens is 652 g/mol. The first-order valence-electron chi connectivity index (χ1n) is 15.6. The van der Waals surface area contributed by atoms with Crippen molar-refractivity contribution in [3.05, 3.63) is 126 Å². The second-order valence-corrected chi connectivity index (χ2v) is 18.6. The molecule has 0 nitrogen and oxygen atoms in total. The predicted molar refractivity (Wildman–Crippen MR) is 194 cm³/mol. The van der Waals surface area contributed by atoms with Crippen molar-refractivity contribution in [2.24, 2.45) is 0 Å². The fourth-order valence-electron chi connectivity index (χ4n) is 6.48. The Morgan fingerprint density at radius 3 is 0.930 bits per heavy atom. The van der Waals surface area contributed by atoms with Crippen LogP contribution >= 0.6 is 31.9 Å². The smallest absolute Gasteiger partial charge is 0.0561 e. The highest BCUT2D eigenvalue weighted by molar-refractivity contribution is 9.10. The lowest BCUT2D eigenvalue weighted by Crippen LogP contribution is -2.32. The summed E-state index contributed by atoms with van der Waals surface area (Å²) in [6, 6.07) is 28.7. The first kappa shape index (κ1) is 32.2. The van der Waals surface area contributed by atoms with Gasteiger partial charge in [0.2, 0.25) is 0 Å². The highest BCUT2D eigenvalue weighted by Crippen LogP contribution is 2.58. The molecule has 43 heavy (non-hydrogen) atoms. The summed E-state index contributed by atoms with van der Waals surface area (Å²) in [5.41, 5.74) is 13.0. The maximum atomic E-state index is 3.90. The molecule has 0 atom stereocenters. The molecule has 4 aromatic carbocycles. The SMILES string of the molecule is CC(C)(C)c1cc(C(C)(C)C)cc(C2(c3cc(C(C)(C)C)cc(C(C)(C)C)c3)c3cc(Br)ccc3-c3ccc(Br)cc32)c1. The quantitative estimate of drug-likeness (QED) is 0.172. The second kappa shape index (κ2) is 10.4. The highest BCUT2D eigenvalue weighted by atomic mass is 79.9. The van der Waals surface area contributed by atoms with Crippen LogP contribution in [0.1, 0.15) is 128 Å². The lowest BCUT2D eigenvalue weighted by molar-refractivity contribution is 0.560. The third-order valence-corrected chi connectivity index (χ3v) is 10.2. The van der Waals surface area contributed by atoms with E-state index < -0.39 is 5.41 Å². The Morgan fingerprint density at radius 1 is 0.395 bits per heavy atom. The van der Waals surface area contributed by atoms with Crippen molar-refractivity contribution >= 4 is 31.9 Å². The summed E-state index contributed by atoms with van der Waals surface area (Å²) in [4.78, 5) is 0. The third-order valence-electron chi connectivity index (χ3n) is 9.26. The van der Waals surface area contributed by atoms with Gasteiger partial charge < -0.3 is 0 Å². The van der Waals surface area contributed by atoms with Gasteiger partial charge in [0.15, 0.2) is 0 Å². The topological polar surface area (TPSA) is 0 Å². The minimum absolute atomic E-state index is 0.000164. The minimum atomic E-state index is -0.499. The number of benzene rings is 4. The van der Waals surface area contributed by atoms with Crippen molar-refractivity contribution < 1.29 is 0 Å². The molecule has 0 spiro atoms. The van der Waals surface area contributed by atoms with E-state index in [1.165, 1.54) is 55.6 Å². The van der Waals surface area contributed by atoms with E-state index >= 15 is 0 Å². The van der Waals surface area contributed by atoms with Gasteiger partial charge in [-0.2, -0.15) is 0 Å². The molecule has 0 unspecified atom stereocenters. The van der Waals surface area contributed by atoms with Crippen LogP contribution in [0.5, 0.6) is 0 Å². The zero-order chi connectivity index (χ0) is 31.9. The van der Waals surface area contributed by atoms with Gasteiger partial charge in [-0.05, 0) is 102 Å². The fraction of sp³-hybridized carbons (Fsp3) is 0.415. The molecule has 226 valence electrons. The molecule has 0 heterocycles. The first-order chi connectivity index (χ1) is 19.6. The molecule has 0 fully saturated rings. The second-order valence-electron chi connectivity index (χ2n) is 16.7. The molecule has 0 saturated heterocycles. The summed E-state index contributed by atoms with van der Waals surface area (Å²) in [5, 5.41) is 0. The Hall–Kier alpha value is -2.16. The van der Waals surface area contributed by atoms with E-state index in [2.05, 4.69) is 188 Å². The van der Waals surface area contributed by atoms with Gasteiger partial charge in [0.1, 0.15) is 0 Å². The summed E-state index contributed by atoms with van der Waals surface area (Å²) in [5.74, 6) is 0. The molecule has 0 saturated carbocycles. The van der Waals surface area contributed by atoms with E-state index in [-0.39, 0.29) is 21.7 Å². The number of hydrogen-bond donors (Lipinski definition) is 0. The van der Waals surface area contributed by atoms with Crippen LogP contribution in [-0.4, -0.2) is 0 Å². The van der Waals surface area contributed by atoms with Crippen molar-refractivity contribution in [3.63, 3.8) is 0 Å². The molecule has 0 radical (unpaired) electrons. The first-order valence-corrected chi connectivity index (χ1v) is 17.2. The van der Waals surface area contributed by atoms with Crippen LogP contribution in [0.3, 0.4) is 0 Å². The molecule has 0 N–H and O–H groups in total. The number of halogens is 2. The predicted octanol–water partition coefficient (Wildman–Crippen LogP) is 12.8. The molecule has 1 aliphatic rings. The van der Waals surface area contributed by atoms with Crippen molar-refractivity contribution in [2.75, 3.05) is 0 Å². The van der Waals surface area contributed by atoms with Crippen LogP contribution in [0, 0.1) is 0 Å². The molecular formula is C41H48Br2. The summed E-state index contributed by atoms with van der Waals surface area (Å²) >= 11 is 7.79. The van der Waals surface area contributed by atoms with Gasteiger partial charge in [-0.3, -0.25) is 0 Å². The lowest BCUT2D eigenvalue weighted by Gasteiger charge is -2.38. The third kappa shape index (κ3) is 5.72. The Labute approximate surface area is 278 Å². The van der Waals surface area contributed by atoms with Crippen LogP contribution in [0.15, 0.2) is 81.7 Å². The number of fused-ring (bicyclic) bond motifs is 3. The van der Waals surface area contributed by atoms with E-state index in [9.17, 15) is 0 Å². The Balaban J connectivity index is 2.08. The van der Waals surface area contributed by atoms with E-state index in [0.29, 0.717) is 0 Å². The Bertz CT molecular complexity index is 1520. The summed E-state index contributed by atoms with van der Waals surface area (Å²) < 4.78 is 2.21.